The van der Waals surface area contributed by atoms with Crippen molar-refractivity contribution in [2.45, 2.75) is 39.2 Å². The molecule has 5 heteroatoms. The van der Waals surface area contributed by atoms with E-state index in [1.165, 1.54) is 0 Å². The van der Waals surface area contributed by atoms with Gasteiger partial charge in [-0.05, 0) is 32.9 Å². The van der Waals surface area contributed by atoms with E-state index in [0.29, 0.717) is 12.8 Å². The maximum atomic E-state index is 12.2. The molecule has 2 N–H and O–H groups in total. The van der Waals surface area contributed by atoms with E-state index in [-0.39, 0.29) is 17.9 Å². The number of carbonyl (C=O) groups excluding carboxylic acids is 1. The van der Waals surface area contributed by atoms with Gasteiger partial charge in [0.15, 0.2) is 0 Å². The normalized spacial score (nSPS) is 19.4. The fraction of sp³-hybridized carbons (Fsp3) is 0.846. The van der Waals surface area contributed by atoms with Crippen LogP contribution in [0.3, 0.4) is 0 Å². The minimum atomic E-state index is -1.17. The molecule has 1 atom stereocenters. The number of nitrogens with one attached hydrogen (secondary N) is 1. The third kappa shape index (κ3) is 3.02. The largest absolute Gasteiger partial charge is 0.480 e. The van der Waals surface area contributed by atoms with Crippen molar-refractivity contribution < 1.29 is 14.7 Å². The van der Waals surface area contributed by atoms with Crippen LogP contribution in [-0.2, 0) is 9.59 Å². The minimum absolute atomic E-state index is 0.00988. The molecule has 0 saturated heterocycles. The molecule has 0 bridgehead atoms. The quantitative estimate of drug-likeness (QED) is 0.694. The molecule has 0 aromatic carbocycles. The molecule has 1 fully saturated rings. The van der Waals surface area contributed by atoms with E-state index in [1.807, 2.05) is 32.8 Å². The summed E-state index contributed by atoms with van der Waals surface area (Å²) in [6.45, 7) is 4.78. The fourth-order valence-electron chi connectivity index (χ4n) is 2.19. The van der Waals surface area contributed by atoms with Gasteiger partial charge in [0.25, 0.3) is 0 Å². The molecule has 18 heavy (non-hydrogen) atoms. The van der Waals surface area contributed by atoms with Crippen molar-refractivity contribution in [1.82, 2.24) is 10.2 Å². The van der Waals surface area contributed by atoms with Gasteiger partial charge >= 0.3 is 5.97 Å². The predicted molar refractivity (Wildman–Crippen MR) is 69.2 cm³/mol. The number of carboxylic acids is 1. The summed E-state index contributed by atoms with van der Waals surface area (Å²) in [4.78, 5) is 25.4. The number of carbonyl (C=O) groups is 2. The monoisotopic (exact) mass is 256 g/mol. The molecule has 1 aliphatic rings. The first-order valence-corrected chi connectivity index (χ1v) is 6.48. The van der Waals surface area contributed by atoms with Crippen LogP contribution in [0.2, 0.25) is 0 Å². The second-order valence-electron chi connectivity index (χ2n) is 5.83. The first-order chi connectivity index (χ1) is 8.29. The molecule has 0 aromatic rings. The molecule has 1 saturated carbocycles. The SMILES string of the molecule is CC(C)C(CN(C)C)NC(=O)C1(C(=O)O)CCC1. The van der Waals surface area contributed by atoms with E-state index in [9.17, 15) is 14.7 Å². The number of likely N-dealkylation sites (N-methyl/N-ethyl adjacent to an activating group) is 1. The summed E-state index contributed by atoms with van der Waals surface area (Å²) in [5.74, 6) is -1.03. The third-order valence-electron chi connectivity index (χ3n) is 3.73. The fourth-order valence-corrected chi connectivity index (χ4v) is 2.19. The van der Waals surface area contributed by atoms with Gasteiger partial charge in [0.2, 0.25) is 5.91 Å². The summed E-state index contributed by atoms with van der Waals surface area (Å²) >= 11 is 0. The number of rotatable bonds is 6. The number of hydrogen-bond acceptors (Lipinski definition) is 3. The van der Waals surface area contributed by atoms with E-state index in [1.54, 1.807) is 0 Å². The van der Waals surface area contributed by atoms with Crippen molar-refractivity contribution in [3.63, 3.8) is 0 Å². The van der Waals surface area contributed by atoms with Crippen LogP contribution in [0.25, 0.3) is 0 Å². The highest BCUT2D eigenvalue weighted by atomic mass is 16.4. The van der Waals surface area contributed by atoms with Gasteiger partial charge in [-0.2, -0.15) is 0 Å². The Morgan fingerprint density at radius 3 is 2.17 bits per heavy atom. The number of nitrogens with zero attached hydrogens (tertiary/aromatic N) is 1. The van der Waals surface area contributed by atoms with Crippen LogP contribution in [0.5, 0.6) is 0 Å². The summed E-state index contributed by atoms with van der Waals surface area (Å²) in [5, 5.41) is 12.1. The Kier molecular flexibility index (Phi) is 4.73. The molecule has 0 heterocycles. The van der Waals surface area contributed by atoms with Gasteiger partial charge in [-0.1, -0.05) is 20.3 Å². The molecular formula is C13H24N2O3. The van der Waals surface area contributed by atoms with Crippen LogP contribution < -0.4 is 5.32 Å². The third-order valence-corrected chi connectivity index (χ3v) is 3.73. The van der Waals surface area contributed by atoms with Crippen LogP contribution in [0.15, 0.2) is 0 Å². The van der Waals surface area contributed by atoms with Crippen molar-refractivity contribution in [3.8, 4) is 0 Å². The van der Waals surface area contributed by atoms with Crippen molar-refractivity contribution in [2.75, 3.05) is 20.6 Å². The number of amides is 1. The zero-order valence-electron chi connectivity index (χ0n) is 11.7. The molecule has 0 radical (unpaired) electrons. The highest BCUT2D eigenvalue weighted by Gasteiger charge is 2.51. The molecule has 1 rings (SSSR count). The van der Waals surface area contributed by atoms with Crippen molar-refractivity contribution >= 4 is 11.9 Å². The molecule has 0 aliphatic heterocycles. The Morgan fingerprint density at radius 1 is 1.33 bits per heavy atom. The van der Waals surface area contributed by atoms with Gasteiger partial charge in [-0.15, -0.1) is 0 Å². The van der Waals surface area contributed by atoms with E-state index >= 15 is 0 Å². The van der Waals surface area contributed by atoms with Crippen molar-refractivity contribution in [2.24, 2.45) is 11.3 Å². The Labute approximate surface area is 109 Å². The highest BCUT2D eigenvalue weighted by Crippen LogP contribution is 2.41. The maximum absolute atomic E-state index is 12.2. The van der Waals surface area contributed by atoms with Crippen LogP contribution in [0.1, 0.15) is 33.1 Å². The van der Waals surface area contributed by atoms with Crippen LogP contribution in [-0.4, -0.2) is 48.6 Å². The Morgan fingerprint density at radius 2 is 1.89 bits per heavy atom. The topological polar surface area (TPSA) is 69.6 Å². The summed E-state index contributed by atoms with van der Waals surface area (Å²) in [5.41, 5.74) is -1.17. The van der Waals surface area contributed by atoms with Gasteiger partial charge in [0.1, 0.15) is 5.41 Å². The first-order valence-electron chi connectivity index (χ1n) is 6.48. The van der Waals surface area contributed by atoms with E-state index < -0.39 is 11.4 Å². The molecular weight excluding hydrogens is 232 g/mol. The van der Waals surface area contributed by atoms with Gasteiger partial charge in [-0.3, -0.25) is 9.59 Å². The summed E-state index contributed by atoms with van der Waals surface area (Å²) in [6.07, 6.45) is 1.74. The smallest absolute Gasteiger partial charge is 0.319 e. The van der Waals surface area contributed by atoms with Crippen LogP contribution in [0.4, 0.5) is 0 Å². The average Bonchev–Trinajstić information content (AvgIpc) is 2.12. The molecule has 0 aromatic heterocycles. The lowest BCUT2D eigenvalue weighted by molar-refractivity contribution is -0.162. The van der Waals surface area contributed by atoms with Crippen LogP contribution in [0, 0.1) is 11.3 Å². The Bertz CT molecular complexity index is 322. The van der Waals surface area contributed by atoms with Gasteiger partial charge in [-0.25, -0.2) is 0 Å². The predicted octanol–water partition coefficient (Wildman–Crippen LogP) is 0.944. The van der Waals surface area contributed by atoms with Gasteiger partial charge in [0, 0.05) is 12.6 Å². The zero-order valence-corrected chi connectivity index (χ0v) is 11.7. The van der Waals surface area contributed by atoms with E-state index in [4.69, 9.17) is 0 Å². The van der Waals surface area contributed by atoms with Crippen LogP contribution >= 0.6 is 0 Å². The maximum Gasteiger partial charge on any atom is 0.319 e. The summed E-state index contributed by atoms with van der Waals surface area (Å²) in [6, 6.07) is -0.00988. The van der Waals surface area contributed by atoms with E-state index in [0.717, 1.165) is 13.0 Å². The lowest BCUT2D eigenvalue weighted by atomic mass is 9.68. The second kappa shape index (κ2) is 5.69. The first kappa shape index (κ1) is 15.0. The second-order valence-corrected chi connectivity index (χ2v) is 5.83. The molecule has 104 valence electrons. The molecule has 1 aliphatic carbocycles. The standard InChI is InChI=1S/C13H24N2O3/c1-9(2)10(8-15(3)4)14-11(16)13(12(17)18)6-5-7-13/h9-10H,5-8H2,1-4H3,(H,14,16)(H,17,18). The number of carboxylic acid groups (broad SMARTS) is 1. The van der Waals surface area contributed by atoms with Crippen molar-refractivity contribution in [3.05, 3.63) is 0 Å². The van der Waals surface area contributed by atoms with Gasteiger partial charge in [0.05, 0.1) is 0 Å². The Balaban J connectivity index is 2.69. The Hall–Kier alpha value is -1.10. The molecule has 1 unspecified atom stereocenters. The minimum Gasteiger partial charge on any atom is -0.480 e. The van der Waals surface area contributed by atoms with Gasteiger partial charge < -0.3 is 15.3 Å². The number of aliphatic carboxylic acids is 1. The molecule has 5 nitrogen and oxygen atoms in total. The lowest BCUT2D eigenvalue weighted by Crippen LogP contribution is -2.56. The van der Waals surface area contributed by atoms with Crippen molar-refractivity contribution in [1.29, 1.82) is 0 Å². The summed E-state index contributed by atoms with van der Waals surface area (Å²) < 4.78 is 0. The lowest BCUT2D eigenvalue weighted by Gasteiger charge is -2.38. The molecule has 1 amide bonds. The zero-order chi connectivity index (χ0) is 13.9. The highest BCUT2D eigenvalue weighted by molar-refractivity contribution is 6.02. The van der Waals surface area contributed by atoms with E-state index in [2.05, 4.69) is 5.32 Å². The average molecular weight is 256 g/mol. The summed E-state index contributed by atoms with van der Waals surface area (Å²) in [7, 11) is 3.88. The number of hydrogen-bond donors (Lipinski definition) is 2. The molecule has 0 spiro atoms.